The topological polar surface area (TPSA) is 58.6 Å². The molecule has 1 amide bonds. The third-order valence-electron chi connectivity index (χ3n) is 4.39. The van der Waals surface area contributed by atoms with Gasteiger partial charge >= 0.3 is 6.09 Å². The smallest absolute Gasteiger partial charge is 0.407 e. The highest BCUT2D eigenvalue weighted by Gasteiger charge is 2.32. The number of amides is 1. The van der Waals surface area contributed by atoms with Gasteiger partial charge in [0.25, 0.3) is 0 Å². The van der Waals surface area contributed by atoms with E-state index in [9.17, 15) is 4.79 Å². The van der Waals surface area contributed by atoms with Crippen LogP contribution in [0.25, 0.3) is 0 Å². The summed E-state index contributed by atoms with van der Waals surface area (Å²) in [5.74, 6) is 0.758. The van der Waals surface area contributed by atoms with Crippen molar-refractivity contribution in [1.29, 1.82) is 0 Å². The fraction of sp³-hybridized carbons (Fsp3) is 0.929. The van der Waals surface area contributed by atoms with Crippen LogP contribution in [-0.4, -0.2) is 30.5 Å². The van der Waals surface area contributed by atoms with Crippen LogP contribution in [0.3, 0.4) is 0 Å². The second kappa shape index (κ2) is 6.98. The minimum atomic E-state index is -0.401. The summed E-state index contributed by atoms with van der Waals surface area (Å²) in [6, 6.07) is 0.236. The van der Waals surface area contributed by atoms with E-state index in [2.05, 4.69) is 26.1 Å². The normalized spacial score (nSPS) is 24.7. The highest BCUT2D eigenvalue weighted by atomic mass is 16.6. The van der Waals surface area contributed by atoms with E-state index >= 15 is 0 Å². The minimum absolute atomic E-state index is 0.0735. The molecule has 106 valence electrons. The molecule has 1 aliphatic rings. The van der Waals surface area contributed by atoms with E-state index in [-0.39, 0.29) is 19.3 Å². The molecule has 0 aromatic rings. The summed E-state index contributed by atoms with van der Waals surface area (Å²) >= 11 is 0. The summed E-state index contributed by atoms with van der Waals surface area (Å²) in [6.45, 7) is 6.87. The van der Waals surface area contributed by atoms with E-state index in [1.54, 1.807) is 0 Å². The summed E-state index contributed by atoms with van der Waals surface area (Å²) in [5, 5.41) is 11.4. The molecule has 0 unspecified atom stereocenters. The van der Waals surface area contributed by atoms with Gasteiger partial charge in [-0.15, -0.1) is 0 Å². The monoisotopic (exact) mass is 257 g/mol. The Morgan fingerprint density at radius 2 is 1.94 bits per heavy atom. The Hall–Kier alpha value is -0.770. The van der Waals surface area contributed by atoms with Crippen LogP contribution >= 0.6 is 0 Å². The van der Waals surface area contributed by atoms with Crippen molar-refractivity contribution in [2.45, 2.75) is 58.9 Å². The second-order valence-electron chi connectivity index (χ2n) is 5.89. The second-order valence-corrected chi connectivity index (χ2v) is 5.89. The predicted octanol–water partition coefficient (Wildman–Crippen LogP) is 2.70. The molecule has 0 aromatic carbocycles. The Morgan fingerprint density at radius 3 is 2.44 bits per heavy atom. The van der Waals surface area contributed by atoms with Crippen molar-refractivity contribution in [2.24, 2.45) is 11.3 Å². The molecule has 0 atom stereocenters. The predicted molar refractivity (Wildman–Crippen MR) is 71.4 cm³/mol. The Balaban J connectivity index is 2.29. The fourth-order valence-electron chi connectivity index (χ4n) is 2.65. The maximum absolute atomic E-state index is 11.4. The molecule has 0 heterocycles. The van der Waals surface area contributed by atoms with Crippen LogP contribution in [0.15, 0.2) is 0 Å². The van der Waals surface area contributed by atoms with Crippen molar-refractivity contribution < 1.29 is 14.6 Å². The first-order chi connectivity index (χ1) is 8.49. The van der Waals surface area contributed by atoms with Gasteiger partial charge < -0.3 is 15.2 Å². The zero-order valence-electron chi connectivity index (χ0n) is 11.9. The zero-order chi connectivity index (χ0) is 13.6. The number of aliphatic hydroxyl groups excluding tert-OH is 1. The van der Waals surface area contributed by atoms with Crippen LogP contribution in [-0.2, 0) is 4.74 Å². The maximum Gasteiger partial charge on any atom is 0.407 e. The Bertz CT molecular complexity index is 258. The minimum Gasteiger partial charge on any atom is -0.447 e. The first kappa shape index (κ1) is 15.3. The molecule has 0 aliphatic heterocycles. The maximum atomic E-state index is 11.4. The number of nitrogens with one attached hydrogen (secondary N) is 1. The molecule has 1 fully saturated rings. The van der Waals surface area contributed by atoms with Crippen molar-refractivity contribution in [3.8, 4) is 0 Å². The quantitative estimate of drug-likeness (QED) is 0.796. The first-order valence-corrected chi connectivity index (χ1v) is 7.03. The number of carbonyl (C=O) groups excluding carboxylic acids is 1. The standard InChI is InChI=1S/C14H27NO3/c1-4-14(2,3)11-5-7-12(8-6-11)15-13(17)18-10-9-16/h11-12,16H,4-10H2,1-3H3,(H,15,17). The van der Waals surface area contributed by atoms with E-state index < -0.39 is 6.09 Å². The van der Waals surface area contributed by atoms with Gasteiger partial charge in [0, 0.05) is 6.04 Å². The Kier molecular flexibility index (Phi) is 5.93. The zero-order valence-corrected chi connectivity index (χ0v) is 11.9. The molecule has 0 radical (unpaired) electrons. The van der Waals surface area contributed by atoms with E-state index in [1.165, 1.54) is 19.3 Å². The molecule has 0 aromatic heterocycles. The first-order valence-electron chi connectivity index (χ1n) is 7.03. The molecular formula is C14H27NO3. The van der Waals surface area contributed by atoms with Gasteiger partial charge in [-0.2, -0.15) is 0 Å². The van der Waals surface area contributed by atoms with Gasteiger partial charge in [-0.25, -0.2) is 4.79 Å². The lowest BCUT2D eigenvalue weighted by atomic mass is 9.69. The van der Waals surface area contributed by atoms with Crippen LogP contribution in [0.5, 0.6) is 0 Å². The fourth-order valence-corrected chi connectivity index (χ4v) is 2.65. The molecule has 0 saturated heterocycles. The molecule has 18 heavy (non-hydrogen) atoms. The summed E-state index contributed by atoms with van der Waals surface area (Å²) in [5.41, 5.74) is 0.405. The summed E-state index contributed by atoms with van der Waals surface area (Å²) in [7, 11) is 0. The Morgan fingerprint density at radius 1 is 1.33 bits per heavy atom. The van der Waals surface area contributed by atoms with Gasteiger partial charge in [-0.1, -0.05) is 27.2 Å². The van der Waals surface area contributed by atoms with Crippen LogP contribution in [0.4, 0.5) is 4.79 Å². The van der Waals surface area contributed by atoms with Gasteiger partial charge in [0.15, 0.2) is 0 Å². The third-order valence-corrected chi connectivity index (χ3v) is 4.39. The summed E-state index contributed by atoms with van der Waals surface area (Å²) < 4.78 is 4.81. The summed E-state index contributed by atoms with van der Waals surface area (Å²) in [4.78, 5) is 11.4. The van der Waals surface area contributed by atoms with Crippen molar-refractivity contribution in [1.82, 2.24) is 5.32 Å². The summed E-state index contributed by atoms with van der Waals surface area (Å²) in [6.07, 6.45) is 5.21. The lowest BCUT2D eigenvalue weighted by Crippen LogP contribution is -2.40. The molecule has 0 spiro atoms. The van der Waals surface area contributed by atoms with Crippen LogP contribution < -0.4 is 5.32 Å². The molecule has 4 nitrogen and oxygen atoms in total. The number of rotatable bonds is 5. The molecule has 1 saturated carbocycles. The van der Waals surface area contributed by atoms with E-state index in [1.807, 2.05) is 0 Å². The average molecular weight is 257 g/mol. The largest absolute Gasteiger partial charge is 0.447 e. The number of hydrogen-bond donors (Lipinski definition) is 2. The lowest BCUT2D eigenvalue weighted by Gasteiger charge is -2.38. The molecule has 1 rings (SSSR count). The van der Waals surface area contributed by atoms with Crippen molar-refractivity contribution >= 4 is 6.09 Å². The molecule has 0 bridgehead atoms. The third kappa shape index (κ3) is 4.48. The van der Waals surface area contributed by atoms with Crippen LogP contribution in [0.1, 0.15) is 52.9 Å². The van der Waals surface area contributed by atoms with Crippen LogP contribution in [0, 0.1) is 11.3 Å². The van der Waals surface area contributed by atoms with Crippen molar-refractivity contribution in [3.63, 3.8) is 0 Å². The van der Waals surface area contributed by atoms with E-state index in [0.29, 0.717) is 5.41 Å². The van der Waals surface area contributed by atoms with Gasteiger partial charge in [0.05, 0.1) is 6.61 Å². The van der Waals surface area contributed by atoms with Crippen LogP contribution in [0.2, 0.25) is 0 Å². The number of aliphatic hydroxyl groups is 1. The number of carbonyl (C=O) groups is 1. The molecule has 4 heteroatoms. The van der Waals surface area contributed by atoms with Crippen molar-refractivity contribution in [2.75, 3.05) is 13.2 Å². The lowest BCUT2D eigenvalue weighted by molar-refractivity contribution is 0.105. The van der Waals surface area contributed by atoms with Gasteiger partial charge in [0.1, 0.15) is 6.61 Å². The number of hydrogen-bond acceptors (Lipinski definition) is 3. The molecule has 1 aliphatic carbocycles. The van der Waals surface area contributed by atoms with Crippen molar-refractivity contribution in [3.05, 3.63) is 0 Å². The van der Waals surface area contributed by atoms with E-state index in [4.69, 9.17) is 9.84 Å². The van der Waals surface area contributed by atoms with E-state index in [0.717, 1.165) is 18.8 Å². The SMILES string of the molecule is CCC(C)(C)C1CCC(NC(=O)OCCO)CC1. The number of ether oxygens (including phenoxy) is 1. The van der Waals surface area contributed by atoms with Gasteiger partial charge in [0.2, 0.25) is 0 Å². The molecular weight excluding hydrogens is 230 g/mol. The molecule has 2 N–H and O–H groups in total. The average Bonchev–Trinajstić information content (AvgIpc) is 2.37. The van der Waals surface area contributed by atoms with Gasteiger partial charge in [-0.05, 0) is 37.0 Å². The van der Waals surface area contributed by atoms with Gasteiger partial charge in [-0.3, -0.25) is 0 Å². The Labute approximate surface area is 110 Å². The number of alkyl carbamates (subject to hydrolysis) is 1. The highest BCUT2D eigenvalue weighted by molar-refractivity contribution is 5.67. The highest BCUT2D eigenvalue weighted by Crippen LogP contribution is 2.40.